The van der Waals surface area contributed by atoms with Crippen LogP contribution in [-0.4, -0.2) is 28.5 Å². The molecule has 4 N–H and O–H groups in total. The second-order valence-electron chi connectivity index (χ2n) is 5.00. The number of hydrogen-bond donors (Lipinski definition) is 3. The van der Waals surface area contributed by atoms with E-state index >= 15 is 0 Å². The fraction of sp³-hybridized carbons (Fsp3) is 0.429. The molecule has 22 heavy (non-hydrogen) atoms. The molecule has 8 heteroatoms. The van der Waals surface area contributed by atoms with E-state index in [0.717, 1.165) is 6.07 Å². The average Bonchev–Trinajstić information content (AvgIpc) is 2.48. The van der Waals surface area contributed by atoms with Crippen LogP contribution in [0.25, 0.3) is 0 Å². The van der Waals surface area contributed by atoms with Crippen molar-refractivity contribution in [1.29, 1.82) is 0 Å². The van der Waals surface area contributed by atoms with Crippen LogP contribution in [0, 0.1) is 15.5 Å². The first-order chi connectivity index (χ1) is 10.3. The van der Waals surface area contributed by atoms with Crippen molar-refractivity contribution in [2.75, 3.05) is 12.3 Å². The van der Waals surface area contributed by atoms with Crippen molar-refractivity contribution in [2.45, 2.75) is 26.7 Å². The minimum absolute atomic E-state index is 0.0410. The van der Waals surface area contributed by atoms with Crippen LogP contribution in [0.4, 0.5) is 11.4 Å². The number of nitrogens with zero attached hydrogens (tertiary/aromatic N) is 1. The number of amides is 1. The fourth-order valence-electron chi connectivity index (χ4n) is 2.08. The molecule has 1 aromatic carbocycles. The number of nitro groups is 1. The van der Waals surface area contributed by atoms with Crippen molar-refractivity contribution in [3.63, 3.8) is 0 Å². The molecule has 0 bridgehead atoms. The third-order valence-corrected chi connectivity index (χ3v) is 3.89. The van der Waals surface area contributed by atoms with E-state index in [4.69, 9.17) is 5.73 Å². The lowest BCUT2D eigenvalue weighted by molar-refractivity contribution is -0.384. The maximum Gasteiger partial charge on any atom is 0.311 e. The van der Waals surface area contributed by atoms with Crippen LogP contribution in [-0.2, 0) is 4.79 Å². The second kappa shape index (κ2) is 6.88. The van der Waals surface area contributed by atoms with Gasteiger partial charge in [0.2, 0.25) is 0 Å². The number of carbonyl (C=O) groups is 2. The zero-order chi connectivity index (χ0) is 16.9. The number of benzene rings is 1. The molecule has 0 aliphatic heterocycles. The average molecular weight is 309 g/mol. The lowest BCUT2D eigenvalue weighted by Crippen LogP contribution is -2.42. The van der Waals surface area contributed by atoms with Crippen LogP contribution in [0.15, 0.2) is 18.2 Å². The van der Waals surface area contributed by atoms with Crippen molar-refractivity contribution in [2.24, 2.45) is 5.41 Å². The Labute approximate surface area is 127 Å². The third-order valence-electron chi connectivity index (χ3n) is 3.89. The highest BCUT2D eigenvalue weighted by atomic mass is 16.6. The Morgan fingerprint density at radius 1 is 1.36 bits per heavy atom. The summed E-state index contributed by atoms with van der Waals surface area (Å²) < 4.78 is 0. The third kappa shape index (κ3) is 3.51. The summed E-state index contributed by atoms with van der Waals surface area (Å²) in [4.78, 5) is 33.6. The fourth-order valence-corrected chi connectivity index (χ4v) is 2.08. The predicted molar refractivity (Wildman–Crippen MR) is 80.5 cm³/mol. The van der Waals surface area contributed by atoms with E-state index < -0.39 is 22.2 Å². The SMILES string of the molecule is CCC(CC)(CNC(=O)c1cc([N+](=O)[O-])ccc1N)C(=O)O. The molecule has 1 rings (SSSR count). The molecule has 0 radical (unpaired) electrons. The van der Waals surface area contributed by atoms with Gasteiger partial charge in [0.25, 0.3) is 11.6 Å². The van der Waals surface area contributed by atoms with Gasteiger partial charge in [0, 0.05) is 24.4 Å². The standard InChI is InChI=1S/C14H19N3O5/c1-3-14(4-2,13(19)20)8-16-12(18)10-7-9(17(21)22)5-6-11(10)15/h5-7H,3-4,8,15H2,1-2H3,(H,16,18)(H,19,20). The zero-order valence-electron chi connectivity index (χ0n) is 12.5. The Morgan fingerprint density at radius 3 is 2.41 bits per heavy atom. The number of rotatable bonds is 7. The van der Waals surface area contributed by atoms with Crippen LogP contribution in [0.3, 0.4) is 0 Å². The Morgan fingerprint density at radius 2 is 1.95 bits per heavy atom. The summed E-state index contributed by atoms with van der Waals surface area (Å²) in [5.74, 6) is -1.63. The largest absolute Gasteiger partial charge is 0.481 e. The summed E-state index contributed by atoms with van der Waals surface area (Å²) in [6, 6.07) is 3.55. The summed E-state index contributed by atoms with van der Waals surface area (Å²) >= 11 is 0. The van der Waals surface area contributed by atoms with Gasteiger partial charge in [-0.2, -0.15) is 0 Å². The highest BCUT2D eigenvalue weighted by molar-refractivity contribution is 6.00. The van der Waals surface area contributed by atoms with Crippen molar-refractivity contribution in [1.82, 2.24) is 5.32 Å². The maximum absolute atomic E-state index is 12.1. The number of nitrogen functional groups attached to an aromatic ring is 1. The number of carboxylic acids is 1. The predicted octanol–water partition coefficient (Wildman–Crippen LogP) is 1.80. The smallest absolute Gasteiger partial charge is 0.311 e. The normalized spacial score (nSPS) is 11.0. The lowest BCUT2D eigenvalue weighted by Gasteiger charge is -2.26. The number of nitro benzene ring substituents is 1. The summed E-state index contributed by atoms with van der Waals surface area (Å²) in [5, 5.41) is 22.6. The first-order valence-corrected chi connectivity index (χ1v) is 6.83. The molecule has 0 aromatic heterocycles. The number of nitrogens with two attached hydrogens (primary N) is 1. The van der Waals surface area contributed by atoms with Gasteiger partial charge >= 0.3 is 5.97 Å². The molecule has 0 saturated heterocycles. The monoisotopic (exact) mass is 309 g/mol. The molecular weight excluding hydrogens is 290 g/mol. The van der Waals surface area contributed by atoms with E-state index in [9.17, 15) is 24.8 Å². The van der Waals surface area contributed by atoms with E-state index in [0.29, 0.717) is 12.8 Å². The summed E-state index contributed by atoms with van der Waals surface area (Å²) in [5.41, 5.74) is 4.39. The number of hydrogen-bond acceptors (Lipinski definition) is 5. The van der Waals surface area contributed by atoms with E-state index in [1.165, 1.54) is 12.1 Å². The molecular formula is C14H19N3O5. The van der Waals surface area contributed by atoms with E-state index in [-0.39, 0.29) is 23.5 Å². The van der Waals surface area contributed by atoms with Crippen LogP contribution < -0.4 is 11.1 Å². The van der Waals surface area contributed by atoms with E-state index in [1.54, 1.807) is 13.8 Å². The molecule has 0 aliphatic rings. The highest BCUT2D eigenvalue weighted by Gasteiger charge is 2.35. The van der Waals surface area contributed by atoms with Gasteiger partial charge in [-0.3, -0.25) is 19.7 Å². The van der Waals surface area contributed by atoms with Crippen LogP contribution in [0.2, 0.25) is 0 Å². The maximum atomic E-state index is 12.1. The molecule has 0 heterocycles. The molecule has 0 atom stereocenters. The molecule has 8 nitrogen and oxygen atoms in total. The van der Waals surface area contributed by atoms with Gasteiger partial charge in [-0.25, -0.2) is 0 Å². The Balaban J connectivity index is 2.96. The molecule has 1 amide bonds. The van der Waals surface area contributed by atoms with Gasteiger partial charge < -0.3 is 16.2 Å². The molecule has 0 unspecified atom stereocenters. The molecule has 0 saturated carbocycles. The Bertz CT molecular complexity index is 596. The van der Waals surface area contributed by atoms with Crippen LogP contribution >= 0.6 is 0 Å². The first-order valence-electron chi connectivity index (χ1n) is 6.83. The topological polar surface area (TPSA) is 136 Å². The highest BCUT2D eigenvalue weighted by Crippen LogP contribution is 2.26. The van der Waals surface area contributed by atoms with Crippen LogP contribution in [0.5, 0.6) is 0 Å². The summed E-state index contributed by atoms with van der Waals surface area (Å²) in [7, 11) is 0. The Hall–Kier alpha value is -2.64. The summed E-state index contributed by atoms with van der Waals surface area (Å²) in [6.07, 6.45) is 0.701. The quantitative estimate of drug-likeness (QED) is 0.399. The van der Waals surface area contributed by atoms with E-state index in [2.05, 4.69) is 5.32 Å². The van der Waals surface area contributed by atoms with Gasteiger partial charge in [0.1, 0.15) is 0 Å². The molecule has 120 valence electrons. The molecule has 1 aromatic rings. The first kappa shape index (κ1) is 17.4. The van der Waals surface area contributed by atoms with Crippen molar-refractivity contribution in [3.8, 4) is 0 Å². The van der Waals surface area contributed by atoms with Gasteiger partial charge in [0.05, 0.1) is 15.9 Å². The van der Waals surface area contributed by atoms with Gasteiger partial charge in [-0.1, -0.05) is 13.8 Å². The van der Waals surface area contributed by atoms with Crippen molar-refractivity contribution < 1.29 is 19.6 Å². The van der Waals surface area contributed by atoms with Crippen LogP contribution in [0.1, 0.15) is 37.0 Å². The van der Waals surface area contributed by atoms with Gasteiger partial charge in [-0.15, -0.1) is 0 Å². The molecule has 0 spiro atoms. The summed E-state index contributed by atoms with van der Waals surface area (Å²) in [6.45, 7) is 3.38. The minimum atomic E-state index is -1.06. The van der Waals surface area contributed by atoms with Crippen molar-refractivity contribution >= 4 is 23.3 Å². The zero-order valence-corrected chi connectivity index (χ0v) is 12.5. The number of anilines is 1. The number of aliphatic carboxylic acids is 1. The lowest BCUT2D eigenvalue weighted by atomic mass is 9.82. The van der Waals surface area contributed by atoms with E-state index in [1.807, 2.05) is 0 Å². The second-order valence-corrected chi connectivity index (χ2v) is 5.00. The molecule has 0 aliphatic carbocycles. The number of carbonyl (C=O) groups excluding carboxylic acids is 1. The number of nitrogens with one attached hydrogen (secondary N) is 1. The Kier molecular flexibility index (Phi) is 5.44. The number of non-ortho nitro benzene ring substituents is 1. The van der Waals surface area contributed by atoms with Gasteiger partial charge in [-0.05, 0) is 18.9 Å². The van der Waals surface area contributed by atoms with Gasteiger partial charge in [0.15, 0.2) is 0 Å². The minimum Gasteiger partial charge on any atom is -0.481 e. The van der Waals surface area contributed by atoms with Crippen molar-refractivity contribution in [3.05, 3.63) is 33.9 Å². The number of carboxylic acid groups (broad SMARTS) is 1. The molecule has 0 fully saturated rings.